The number of carbonyl (C=O) groups excluding carboxylic acids is 1. The predicted octanol–water partition coefficient (Wildman–Crippen LogP) is 8.85. The molecule has 4 aromatic carbocycles. The fraction of sp³-hybridized carbons (Fsp3) is 0.444. The number of nitrogens with zero attached hydrogens (tertiary/aromatic N) is 1. The van der Waals surface area contributed by atoms with E-state index in [-0.39, 0.29) is 36.4 Å². The standard InChI is InChI=1S/C45H53N3O4/c1-30(35-8-4-3-5-9-35)48(2)28-40-23-42(37-14-12-31(29-49)13-15-37)52-43(51-40)38-18-16-36(17-19-38)41-11-7-6-10-39(41)27-46-44(50)47-45-24-32-20-33(25-45)22-34(21-32)26-45/h3-19,30,32-34,40,42-43,49H,20-29H2,1-2H3,(H2,46,47,50). The maximum absolute atomic E-state index is 13.3. The molecule has 4 saturated carbocycles. The zero-order chi connectivity index (χ0) is 35.7. The van der Waals surface area contributed by atoms with Crippen molar-refractivity contribution in [1.29, 1.82) is 0 Å². The monoisotopic (exact) mass is 699 g/mol. The Hall–Kier alpha value is -4.01. The second-order valence-corrected chi connectivity index (χ2v) is 16.2. The summed E-state index contributed by atoms with van der Waals surface area (Å²) >= 11 is 0. The van der Waals surface area contributed by atoms with Crippen LogP contribution in [-0.2, 0) is 22.6 Å². The van der Waals surface area contributed by atoms with Gasteiger partial charge in [0, 0.05) is 36.7 Å². The Morgan fingerprint density at radius 1 is 0.808 bits per heavy atom. The van der Waals surface area contributed by atoms with E-state index in [0.717, 1.165) is 83.4 Å². The molecule has 7 nitrogen and oxygen atoms in total. The number of amides is 2. The molecule has 9 rings (SSSR count). The third kappa shape index (κ3) is 7.69. The van der Waals surface area contributed by atoms with Crippen LogP contribution in [0.5, 0.6) is 0 Å². The van der Waals surface area contributed by atoms with E-state index in [1.807, 2.05) is 18.2 Å². The summed E-state index contributed by atoms with van der Waals surface area (Å²) in [4.78, 5) is 15.6. The van der Waals surface area contributed by atoms with Crippen molar-refractivity contribution in [2.24, 2.45) is 17.8 Å². The summed E-state index contributed by atoms with van der Waals surface area (Å²) in [5, 5.41) is 16.3. The van der Waals surface area contributed by atoms with Gasteiger partial charge in [-0.2, -0.15) is 0 Å². The molecule has 4 aromatic rings. The van der Waals surface area contributed by atoms with E-state index in [1.54, 1.807) is 0 Å². The molecule has 4 bridgehead atoms. The fourth-order valence-corrected chi connectivity index (χ4v) is 10.00. The van der Waals surface area contributed by atoms with Gasteiger partial charge in [-0.15, -0.1) is 0 Å². The third-order valence-corrected chi connectivity index (χ3v) is 12.4. The molecule has 0 spiro atoms. The van der Waals surface area contributed by atoms with Crippen LogP contribution in [-0.4, -0.2) is 41.3 Å². The number of carbonyl (C=O) groups is 1. The molecule has 4 unspecified atom stereocenters. The van der Waals surface area contributed by atoms with Crippen molar-refractivity contribution in [1.82, 2.24) is 15.5 Å². The van der Waals surface area contributed by atoms with E-state index in [9.17, 15) is 9.90 Å². The van der Waals surface area contributed by atoms with E-state index < -0.39 is 6.29 Å². The van der Waals surface area contributed by atoms with Crippen LogP contribution in [0.4, 0.5) is 4.79 Å². The predicted molar refractivity (Wildman–Crippen MR) is 204 cm³/mol. The fourth-order valence-electron chi connectivity index (χ4n) is 10.00. The summed E-state index contributed by atoms with van der Waals surface area (Å²) in [6, 6.07) is 35.6. The highest BCUT2D eigenvalue weighted by atomic mass is 16.7. The second kappa shape index (κ2) is 15.2. The quantitative estimate of drug-likeness (QED) is 0.146. The number of rotatable bonds is 11. The van der Waals surface area contributed by atoms with Gasteiger partial charge in [-0.25, -0.2) is 4.79 Å². The average Bonchev–Trinajstić information content (AvgIpc) is 3.16. The van der Waals surface area contributed by atoms with Crippen molar-refractivity contribution in [2.45, 2.75) is 95.1 Å². The van der Waals surface area contributed by atoms with Crippen LogP contribution in [0.3, 0.4) is 0 Å². The highest BCUT2D eigenvalue weighted by molar-refractivity contribution is 5.76. The molecule has 52 heavy (non-hydrogen) atoms. The van der Waals surface area contributed by atoms with Crippen LogP contribution >= 0.6 is 0 Å². The molecule has 0 aromatic heterocycles. The number of hydrogen-bond donors (Lipinski definition) is 3. The van der Waals surface area contributed by atoms with E-state index >= 15 is 0 Å². The molecule has 2 amide bonds. The molecule has 0 radical (unpaired) electrons. The lowest BCUT2D eigenvalue weighted by atomic mass is 9.53. The van der Waals surface area contributed by atoms with Crippen LogP contribution in [0.15, 0.2) is 103 Å². The van der Waals surface area contributed by atoms with Gasteiger partial charge in [0.1, 0.15) is 0 Å². The maximum atomic E-state index is 13.3. The Kier molecular flexibility index (Phi) is 10.2. The molecule has 7 heteroatoms. The summed E-state index contributed by atoms with van der Waals surface area (Å²) < 4.78 is 13.4. The van der Waals surface area contributed by atoms with Crippen LogP contribution in [0, 0.1) is 17.8 Å². The van der Waals surface area contributed by atoms with Gasteiger partial charge in [-0.05, 0) is 104 Å². The molecule has 4 atom stereocenters. The Balaban J connectivity index is 0.955. The molecule has 3 N–H and O–H groups in total. The first-order valence-electron chi connectivity index (χ1n) is 19.3. The lowest BCUT2D eigenvalue weighted by Gasteiger charge is -2.56. The van der Waals surface area contributed by atoms with Gasteiger partial charge < -0.3 is 25.2 Å². The lowest BCUT2D eigenvalue weighted by molar-refractivity contribution is -0.253. The molecule has 4 aliphatic carbocycles. The van der Waals surface area contributed by atoms with Gasteiger partial charge in [0.2, 0.25) is 0 Å². The van der Waals surface area contributed by atoms with Gasteiger partial charge in [0.25, 0.3) is 0 Å². The molecule has 1 heterocycles. The Morgan fingerprint density at radius 2 is 1.44 bits per heavy atom. The summed E-state index contributed by atoms with van der Waals surface area (Å²) in [5.74, 6) is 2.37. The second-order valence-electron chi connectivity index (χ2n) is 16.2. The zero-order valence-corrected chi connectivity index (χ0v) is 30.5. The molecule has 1 aliphatic heterocycles. The first-order valence-corrected chi connectivity index (χ1v) is 19.3. The van der Waals surface area contributed by atoms with Crippen molar-refractivity contribution >= 4 is 6.03 Å². The molecule has 1 saturated heterocycles. The lowest BCUT2D eigenvalue weighted by Crippen LogP contribution is -2.61. The molecule has 272 valence electrons. The number of hydrogen-bond acceptors (Lipinski definition) is 5. The van der Waals surface area contributed by atoms with Crippen molar-refractivity contribution < 1.29 is 19.4 Å². The van der Waals surface area contributed by atoms with Crippen LogP contribution in [0.1, 0.15) is 98.1 Å². The first kappa shape index (κ1) is 35.0. The largest absolute Gasteiger partial charge is 0.392 e. The zero-order valence-electron chi connectivity index (χ0n) is 30.5. The minimum atomic E-state index is -0.527. The van der Waals surface area contributed by atoms with Gasteiger partial charge in [0.15, 0.2) is 6.29 Å². The number of urea groups is 1. The smallest absolute Gasteiger partial charge is 0.315 e. The normalized spacial score (nSPS) is 28.5. The molecule has 5 fully saturated rings. The first-order chi connectivity index (χ1) is 25.3. The Morgan fingerprint density at radius 3 is 2.12 bits per heavy atom. The summed E-state index contributed by atoms with van der Waals surface area (Å²) in [7, 11) is 2.16. The van der Waals surface area contributed by atoms with Gasteiger partial charge >= 0.3 is 6.03 Å². The minimum Gasteiger partial charge on any atom is -0.392 e. The minimum absolute atomic E-state index is 0.00606. The molecular formula is C45H53N3O4. The summed E-state index contributed by atoms with van der Waals surface area (Å²) in [6.07, 6.45) is 7.52. The number of nitrogens with one attached hydrogen (secondary N) is 2. The SMILES string of the molecule is CC(c1ccccc1)N(C)CC1CC(c2ccc(CO)cc2)OC(c2ccc(-c3ccccc3CNC(=O)NC34CC5CC(CC(C5)C3)C4)cc2)O1. The third-order valence-electron chi connectivity index (χ3n) is 12.4. The van der Waals surface area contributed by atoms with E-state index in [2.05, 4.69) is 114 Å². The molecule has 5 aliphatic rings. The maximum Gasteiger partial charge on any atom is 0.315 e. The van der Waals surface area contributed by atoms with Crippen LogP contribution in [0.25, 0.3) is 11.1 Å². The highest BCUT2D eigenvalue weighted by Gasteiger charge is 2.51. The van der Waals surface area contributed by atoms with Gasteiger partial charge in [-0.1, -0.05) is 103 Å². The summed E-state index contributed by atoms with van der Waals surface area (Å²) in [6.45, 7) is 3.48. The van der Waals surface area contributed by atoms with E-state index in [0.29, 0.717) is 6.54 Å². The van der Waals surface area contributed by atoms with E-state index in [4.69, 9.17) is 9.47 Å². The van der Waals surface area contributed by atoms with Gasteiger partial charge in [-0.3, -0.25) is 4.90 Å². The van der Waals surface area contributed by atoms with Crippen LogP contribution in [0.2, 0.25) is 0 Å². The van der Waals surface area contributed by atoms with Crippen LogP contribution < -0.4 is 10.6 Å². The van der Waals surface area contributed by atoms with E-state index in [1.165, 1.54) is 24.8 Å². The number of aliphatic hydroxyl groups is 1. The highest BCUT2D eigenvalue weighted by Crippen LogP contribution is 2.55. The van der Waals surface area contributed by atoms with Crippen molar-refractivity contribution in [3.8, 4) is 11.1 Å². The van der Waals surface area contributed by atoms with Crippen molar-refractivity contribution in [3.05, 3.63) is 131 Å². The number of aliphatic hydroxyl groups excluding tert-OH is 1. The van der Waals surface area contributed by atoms with Crippen molar-refractivity contribution in [3.63, 3.8) is 0 Å². The molecular weight excluding hydrogens is 647 g/mol. The van der Waals surface area contributed by atoms with Gasteiger partial charge in [0.05, 0.1) is 18.8 Å². The summed E-state index contributed by atoms with van der Waals surface area (Å²) in [5.41, 5.74) is 7.48. The number of benzene rings is 4. The average molecular weight is 700 g/mol. The Bertz CT molecular complexity index is 1780. The topological polar surface area (TPSA) is 83.1 Å². The Labute approximate surface area is 308 Å². The number of likely N-dealkylation sites (N-methyl/N-ethyl adjacent to an activating group) is 1. The number of ether oxygens (including phenoxy) is 2. The van der Waals surface area contributed by atoms with Crippen molar-refractivity contribution in [2.75, 3.05) is 13.6 Å².